The van der Waals surface area contributed by atoms with Crippen LogP contribution in [0.1, 0.15) is 50.8 Å². The van der Waals surface area contributed by atoms with Gasteiger partial charge in [-0.15, -0.1) is 0 Å². The number of hydrogen-bond acceptors (Lipinski definition) is 4. The topological polar surface area (TPSA) is 53.0 Å². The van der Waals surface area contributed by atoms with Gasteiger partial charge in [0.2, 0.25) is 0 Å². The highest BCUT2D eigenvalue weighted by atomic mass is 19.1. The first kappa shape index (κ1) is 23.6. The van der Waals surface area contributed by atoms with Crippen molar-refractivity contribution in [2.45, 2.75) is 51.7 Å². The minimum absolute atomic E-state index is 0.193. The molecule has 0 unspecified atom stereocenters. The Hall–Kier alpha value is -2.60. The van der Waals surface area contributed by atoms with Crippen LogP contribution in [0.25, 0.3) is 0 Å². The van der Waals surface area contributed by atoms with Gasteiger partial charge in [-0.25, -0.2) is 4.39 Å². The summed E-state index contributed by atoms with van der Waals surface area (Å²) in [6, 6.07) is 13.0. The highest BCUT2D eigenvalue weighted by molar-refractivity contribution is 5.86. The Kier molecular flexibility index (Phi) is 6.41. The molecule has 1 N–H and O–H groups in total. The number of ether oxygens (including phenoxy) is 1. The summed E-state index contributed by atoms with van der Waals surface area (Å²) in [5.74, 6) is 1.26. The summed E-state index contributed by atoms with van der Waals surface area (Å²) in [5, 5.41) is 9.98. The standard InChI is InChI=1S/C27H35FN2O3/c1-5-19-17-29(18-19)14-15-33-23-9-6-21(7-10-23)27(4)24-11-8-22(31)16-20(24)12-13-30(27)25(32)26(2,3)28/h6-11,16,19,31H,5,12-15,17-18H2,1-4H3/t27-/m0/s1. The molecule has 1 saturated heterocycles. The van der Waals surface area contributed by atoms with E-state index in [0.29, 0.717) is 19.6 Å². The molecule has 0 spiro atoms. The normalized spacial score (nSPS) is 21.4. The lowest BCUT2D eigenvalue weighted by Crippen LogP contribution is -2.56. The van der Waals surface area contributed by atoms with E-state index in [4.69, 9.17) is 4.74 Å². The van der Waals surface area contributed by atoms with E-state index in [0.717, 1.165) is 48.0 Å². The largest absolute Gasteiger partial charge is 0.508 e. The van der Waals surface area contributed by atoms with Crippen LogP contribution in [-0.4, -0.2) is 59.3 Å². The predicted molar refractivity (Wildman–Crippen MR) is 127 cm³/mol. The zero-order valence-corrected chi connectivity index (χ0v) is 20.1. The number of aromatic hydroxyl groups is 1. The van der Waals surface area contributed by atoms with Crippen LogP contribution in [0.15, 0.2) is 42.5 Å². The van der Waals surface area contributed by atoms with Gasteiger partial charge >= 0.3 is 0 Å². The molecule has 0 aliphatic carbocycles. The summed E-state index contributed by atoms with van der Waals surface area (Å²) >= 11 is 0. The Morgan fingerprint density at radius 1 is 1.21 bits per heavy atom. The maximum Gasteiger partial charge on any atom is 0.260 e. The fourth-order valence-electron chi connectivity index (χ4n) is 5.09. The fraction of sp³-hybridized carbons (Fsp3) is 0.519. The average molecular weight is 455 g/mol. The molecule has 2 aliphatic heterocycles. The molecule has 2 heterocycles. The number of likely N-dealkylation sites (tertiary alicyclic amines) is 1. The van der Waals surface area contributed by atoms with E-state index in [1.54, 1.807) is 17.0 Å². The average Bonchev–Trinajstić information content (AvgIpc) is 2.74. The number of halogens is 1. The first-order valence-electron chi connectivity index (χ1n) is 11.9. The summed E-state index contributed by atoms with van der Waals surface area (Å²) in [6.45, 7) is 11.0. The number of hydrogen-bond donors (Lipinski definition) is 1. The molecule has 1 atom stereocenters. The van der Waals surface area contributed by atoms with Gasteiger partial charge in [0.1, 0.15) is 18.1 Å². The first-order valence-corrected chi connectivity index (χ1v) is 11.9. The maximum absolute atomic E-state index is 14.8. The van der Waals surface area contributed by atoms with Gasteiger partial charge in [0.15, 0.2) is 5.67 Å². The van der Waals surface area contributed by atoms with Crippen molar-refractivity contribution in [2.75, 3.05) is 32.8 Å². The number of benzene rings is 2. The predicted octanol–water partition coefficient (Wildman–Crippen LogP) is 4.51. The Balaban J connectivity index is 1.56. The van der Waals surface area contributed by atoms with Crippen molar-refractivity contribution >= 4 is 5.91 Å². The van der Waals surface area contributed by atoms with Crippen LogP contribution < -0.4 is 4.74 Å². The van der Waals surface area contributed by atoms with Gasteiger partial charge in [0.05, 0.1) is 5.54 Å². The van der Waals surface area contributed by atoms with Gasteiger partial charge in [0.25, 0.3) is 5.91 Å². The molecule has 2 aromatic carbocycles. The van der Waals surface area contributed by atoms with Crippen molar-refractivity contribution in [3.63, 3.8) is 0 Å². The number of amides is 1. The Labute approximate surface area is 196 Å². The van der Waals surface area contributed by atoms with Crippen molar-refractivity contribution in [1.29, 1.82) is 0 Å². The molecular formula is C27H35FN2O3. The zero-order valence-electron chi connectivity index (χ0n) is 20.1. The highest BCUT2D eigenvalue weighted by Crippen LogP contribution is 2.43. The molecule has 2 aliphatic rings. The minimum atomic E-state index is -1.98. The van der Waals surface area contributed by atoms with Crippen LogP contribution in [0, 0.1) is 5.92 Å². The molecule has 6 heteroatoms. The van der Waals surface area contributed by atoms with Crippen LogP contribution in [0.3, 0.4) is 0 Å². The zero-order chi connectivity index (χ0) is 23.8. The van der Waals surface area contributed by atoms with E-state index in [1.807, 2.05) is 37.3 Å². The van der Waals surface area contributed by atoms with Gasteiger partial charge in [-0.3, -0.25) is 9.69 Å². The number of phenols is 1. The number of nitrogens with zero attached hydrogens (tertiary/aromatic N) is 2. The second kappa shape index (κ2) is 8.98. The minimum Gasteiger partial charge on any atom is -0.508 e. The molecule has 1 amide bonds. The number of alkyl halides is 1. The van der Waals surface area contributed by atoms with Crippen LogP contribution in [-0.2, 0) is 16.8 Å². The van der Waals surface area contributed by atoms with E-state index in [9.17, 15) is 14.3 Å². The van der Waals surface area contributed by atoms with Crippen molar-refractivity contribution in [3.8, 4) is 11.5 Å². The highest BCUT2D eigenvalue weighted by Gasteiger charge is 2.46. The third-order valence-electron chi connectivity index (χ3n) is 7.21. The third kappa shape index (κ3) is 4.58. The number of phenolic OH excluding ortho intramolecular Hbond substituents is 1. The van der Waals surface area contributed by atoms with Crippen LogP contribution in [0.4, 0.5) is 4.39 Å². The Morgan fingerprint density at radius 2 is 1.91 bits per heavy atom. The van der Waals surface area contributed by atoms with Gasteiger partial charge < -0.3 is 14.7 Å². The summed E-state index contributed by atoms with van der Waals surface area (Å²) in [7, 11) is 0. The second-order valence-corrected chi connectivity index (χ2v) is 10.00. The summed E-state index contributed by atoms with van der Waals surface area (Å²) in [6.07, 6.45) is 1.80. The SMILES string of the molecule is CCC1CN(CCOc2ccc([C@@]3(C)c4ccc(O)cc4CCN3C(=O)C(C)(C)F)cc2)C1. The molecule has 0 radical (unpaired) electrons. The van der Waals surface area contributed by atoms with Gasteiger partial charge in [-0.05, 0) is 74.1 Å². The summed E-state index contributed by atoms with van der Waals surface area (Å²) < 4.78 is 20.7. The van der Waals surface area contributed by atoms with Gasteiger partial charge in [0, 0.05) is 26.2 Å². The molecule has 33 heavy (non-hydrogen) atoms. The first-order chi connectivity index (χ1) is 15.6. The van der Waals surface area contributed by atoms with Crippen LogP contribution in [0.5, 0.6) is 11.5 Å². The van der Waals surface area contributed by atoms with Crippen LogP contribution in [0.2, 0.25) is 0 Å². The molecule has 5 nitrogen and oxygen atoms in total. The quantitative estimate of drug-likeness (QED) is 0.669. The van der Waals surface area contributed by atoms with Gasteiger partial charge in [-0.1, -0.05) is 31.5 Å². The fourth-order valence-corrected chi connectivity index (χ4v) is 5.09. The molecule has 0 aromatic heterocycles. The number of carbonyl (C=O) groups excluding carboxylic acids is 1. The lowest BCUT2D eigenvalue weighted by molar-refractivity contribution is -0.147. The third-order valence-corrected chi connectivity index (χ3v) is 7.21. The molecule has 0 bridgehead atoms. The van der Waals surface area contributed by atoms with Crippen molar-refractivity contribution in [1.82, 2.24) is 9.80 Å². The second-order valence-electron chi connectivity index (χ2n) is 10.00. The van der Waals surface area contributed by atoms with Crippen molar-refractivity contribution in [2.24, 2.45) is 5.92 Å². The maximum atomic E-state index is 14.8. The lowest BCUT2D eigenvalue weighted by atomic mass is 9.76. The van der Waals surface area contributed by atoms with E-state index in [1.165, 1.54) is 20.3 Å². The summed E-state index contributed by atoms with van der Waals surface area (Å²) in [5.41, 5.74) is -0.0773. The van der Waals surface area contributed by atoms with Crippen molar-refractivity contribution < 1.29 is 19.0 Å². The monoisotopic (exact) mass is 454 g/mol. The lowest BCUT2D eigenvalue weighted by Gasteiger charge is -2.48. The Bertz CT molecular complexity index is 995. The molecule has 2 aromatic rings. The molecule has 1 fully saturated rings. The smallest absolute Gasteiger partial charge is 0.260 e. The molecular weight excluding hydrogens is 419 g/mol. The molecule has 0 saturated carbocycles. The van der Waals surface area contributed by atoms with E-state index < -0.39 is 17.1 Å². The van der Waals surface area contributed by atoms with E-state index in [-0.39, 0.29) is 5.75 Å². The van der Waals surface area contributed by atoms with Crippen LogP contribution >= 0.6 is 0 Å². The number of fused-ring (bicyclic) bond motifs is 1. The summed E-state index contributed by atoms with van der Waals surface area (Å²) in [4.78, 5) is 17.1. The van der Waals surface area contributed by atoms with Crippen molar-refractivity contribution in [3.05, 3.63) is 59.2 Å². The number of carbonyl (C=O) groups is 1. The Morgan fingerprint density at radius 3 is 2.55 bits per heavy atom. The molecule has 4 rings (SSSR count). The van der Waals surface area contributed by atoms with E-state index >= 15 is 0 Å². The van der Waals surface area contributed by atoms with E-state index in [2.05, 4.69) is 11.8 Å². The number of rotatable bonds is 7. The van der Waals surface area contributed by atoms with Gasteiger partial charge in [-0.2, -0.15) is 0 Å². The molecule has 178 valence electrons.